The van der Waals surface area contributed by atoms with Gasteiger partial charge in [-0.15, -0.1) is 0 Å². The molecule has 0 radical (unpaired) electrons. The van der Waals surface area contributed by atoms with Gasteiger partial charge < -0.3 is 19.4 Å². The minimum Gasteiger partial charge on any atom is -0.456 e. The van der Waals surface area contributed by atoms with Gasteiger partial charge in [-0.3, -0.25) is 18.6 Å². The largest absolute Gasteiger partial charge is 0.472 e. The zero-order chi connectivity index (χ0) is 55.7. The Balaban J connectivity index is 5.26. The molecule has 0 bridgehead atoms. The molecule has 9 nitrogen and oxygen atoms in total. The van der Waals surface area contributed by atoms with Gasteiger partial charge in [0.15, 0.2) is 0 Å². The highest BCUT2D eigenvalue weighted by atomic mass is 31.2. The normalized spacial score (nSPS) is 14.4. The molecule has 438 valence electrons. The van der Waals surface area contributed by atoms with Crippen molar-refractivity contribution < 1.29 is 37.3 Å². The lowest BCUT2D eigenvalue weighted by Crippen LogP contribution is -2.47. The van der Waals surface area contributed by atoms with Crippen LogP contribution in [0.4, 0.5) is 0 Å². The number of carbonyl (C=O) groups excluding carboxylic acids is 2. The summed E-state index contributed by atoms with van der Waals surface area (Å²) in [7, 11) is 1.47. The van der Waals surface area contributed by atoms with Crippen LogP contribution >= 0.6 is 7.82 Å². The van der Waals surface area contributed by atoms with Crippen molar-refractivity contribution in [3.8, 4) is 0 Å². The van der Waals surface area contributed by atoms with E-state index in [1.807, 2.05) is 33.3 Å². The number of unbranched alkanes of at least 4 members (excludes halogenated alkanes) is 25. The second kappa shape index (κ2) is 55.3. The van der Waals surface area contributed by atoms with E-state index in [9.17, 15) is 19.0 Å². The van der Waals surface area contributed by atoms with Gasteiger partial charge in [0.2, 0.25) is 5.91 Å². The average Bonchev–Trinajstić information content (AvgIpc) is 3.38. The van der Waals surface area contributed by atoms with Crippen molar-refractivity contribution >= 4 is 19.7 Å². The van der Waals surface area contributed by atoms with Gasteiger partial charge in [-0.05, 0) is 102 Å². The molecule has 0 aromatic carbocycles. The van der Waals surface area contributed by atoms with Crippen LogP contribution in [-0.2, 0) is 27.9 Å². The molecule has 1 amide bonds. The number of nitrogens with zero attached hydrogens (tertiary/aromatic N) is 1. The summed E-state index contributed by atoms with van der Waals surface area (Å²) in [6.45, 7) is 6.78. The standard InChI is InChI=1S/C66H117N2O7P/c1-7-10-13-16-19-22-25-28-30-31-32-33-34-35-36-37-38-40-43-46-49-52-55-58-65(69)67-63(62-74-76(71,72)73-61-60-68(4,5)6)64(57-54-51-48-45-42-39-27-24-21-18-15-12-9-3)75-66(70)59-56-53-50-47-44-41-29-26-23-20-17-14-11-8-2/h10-11,13-14,19-20,22-23,28,30,32-33,35-36,54,57,63-64H,7-9,12,15-18,21,24-27,29,31,34,37-53,55-56,58-62H2,1-6H3,(H-,67,69,71,72)/p+1/b13-10-,14-11+,22-19-,23-20+,30-28-,33-32-,36-35-,57-54-. The summed E-state index contributed by atoms with van der Waals surface area (Å²) in [5.41, 5.74) is 0. The first-order chi connectivity index (χ1) is 36.9. The lowest BCUT2D eigenvalue weighted by atomic mass is 10.0. The van der Waals surface area contributed by atoms with Crippen LogP contribution in [0, 0.1) is 0 Å². The third-order valence-corrected chi connectivity index (χ3v) is 14.3. The summed E-state index contributed by atoms with van der Waals surface area (Å²) in [4.78, 5) is 37.7. The second-order valence-electron chi connectivity index (χ2n) is 21.8. The number of amides is 1. The number of phosphoric ester groups is 1. The molecule has 3 atom stereocenters. The molecule has 0 fully saturated rings. The Morgan fingerprint density at radius 2 is 0.842 bits per heavy atom. The molecule has 0 aliphatic heterocycles. The first kappa shape index (κ1) is 72.9. The van der Waals surface area contributed by atoms with E-state index in [0.717, 1.165) is 128 Å². The van der Waals surface area contributed by atoms with E-state index in [1.54, 1.807) is 0 Å². The van der Waals surface area contributed by atoms with Gasteiger partial charge in [0, 0.05) is 12.8 Å². The number of nitrogens with one attached hydrogen (secondary N) is 1. The molecule has 76 heavy (non-hydrogen) atoms. The molecule has 0 rings (SSSR count). The molecule has 0 aromatic rings. The minimum atomic E-state index is -4.46. The molecular formula is C66H118N2O7P+. The van der Waals surface area contributed by atoms with Gasteiger partial charge in [0.05, 0.1) is 33.8 Å². The number of quaternary nitrogens is 1. The Morgan fingerprint density at radius 3 is 1.26 bits per heavy atom. The van der Waals surface area contributed by atoms with Gasteiger partial charge in [0.1, 0.15) is 19.3 Å². The second-order valence-corrected chi connectivity index (χ2v) is 23.3. The average molecular weight is 1080 g/mol. The monoisotopic (exact) mass is 1080 g/mol. The molecule has 3 unspecified atom stereocenters. The van der Waals surface area contributed by atoms with Crippen molar-refractivity contribution in [1.29, 1.82) is 0 Å². The fourth-order valence-corrected chi connectivity index (χ4v) is 9.27. The summed E-state index contributed by atoms with van der Waals surface area (Å²) in [6, 6.07) is -0.863. The quantitative estimate of drug-likeness (QED) is 0.0205. The van der Waals surface area contributed by atoms with E-state index in [0.29, 0.717) is 17.4 Å². The number of allylic oxidation sites excluding steroid dienone is 15. The maximum absolute atomic E-state index is 13.6. The highest BCUT2D eigenvalue weighted by Gasteiger charge is 2.30. The van der Waals surface area contributed by atoms with Gasteiger partial charge >= 0.3 is 13.8 Å². The van der Waals surface area contributed by atoms with E-state index >= 15 is 0 Å². The first-order valence-electron chi connectivity index (χ1n) is 31.1. The van der Waals surface area contributed by atoms with Gasteiger partial charge in [-0.2, -0.15) is 0 Å². The molecule has 0 spiro atoms. The highest BCUT2D eigenvalue weighted by Crippen LogP contribution is 2.43. The lowest BCUT2D eigenvalue weighted by Gasteiger charge is -2.27. The Kier molecular flexibility index (Phi) is 53.0. The molecular weight excluding hydrogens is 964 g/mol. The van der Waals surface area contributed by atoms with Crippen molar-refractivity contribution in [2.75, 3.05) is 40.9 Å². The molecule has 0 saturated carbocycles. The van der Waals surface area contributed by atoms with Crippen LogP contribution < -0.4 is 5.32 Å². The Hall–Kier alpha value is -3.07. The molecule has 0 heterocycles. The molecule has 10 heteroatoms. The third kappa shape index (κ3) is 55.7. The third-order valence-electron chi connectivity index (χ3n) is 13.3. The van der Waals surface area contributed by atoms with E-state index in [-0.39, 0.29) is 31.5 Å². The van der Waals surface area contributed by atoms with Gasteiger partial charge in [-0.1, -0.05) is 240 Å². The van der Waals surface area contributed by atoms with E-state index in [1.165, 1.54) is 96.3 Å². The molecule has 0 aromatic heterocycles. The Morgan fingerprint density at radius 1 is 0.474 bits per heavy atom. The van der Waals surface area contributed by atoms with Crippen LogP contribution in [0.25, 0.3) is 0 Å². The number of carbonyl (C=O) groups is 2. The molecule has 0 saturated heterocycles. The number of likely N-dealkylation sites (N-methyl/N-ethyl adjacent to an activating group) is 1. The maximum Gasteiger partial charge on any atom is 0.472 e. The fourth-order valence-electron chi connectivity index (χ4n) is 8.53. The Bertz CT molecular complexity index is 1620. The van der Waals surface area contributed by atoms with Crippen LogP contribution in [0.5, 0.6) is 0 Å². The van der Waals surface area contributed by atoms with Crippen LogP contribution in [0.3, 0.4) is 0 Å². The van der Waals surface area contributed by atoms with Crippen molar-refractivity contribution in [2.24, 2.45) is 0 Å². The van der Waals surface area contributed by atoms with Crippen molar-refractivity contribution in [2.45, 2.75) is 270 Å². The number of ether oxygens (including phenoxy) is 1. The maximum atomic E-state index is 13.6. The topological polar surface area (TPSA) is 111 Å². The molecule has 0 aliphatic carbocycles. The number of hydrogen-bond acceptors (Lipinski definition) is 6. The minimum absolute atomic E-state index is 0.0322. The van der Waals surface area contributed by atoms with E-state index in [2.05, 4.69) is 111 Å². The van der Waals surface area contributed by atoms with Crippen LogP contribution in [0.2, 0.25) is 0 Å². The van der Waals surface area contributed by atoms with Crippen LogP contribution in [-0.4, -0.2) is 74.3 Å². The summed E-state index contributed by atoms with van der Waals surface area (Å²) in [5, 5.41) is 3.05. The number of rotatable bonds is 55. The van der Waals surface area contributed by atoms with Crippen molar-refractivity contribution in [3.63, 3.8) is 0 Å². The smallest absolute Gasteiger partial charge is 0.456 e. The van der Waals surface area contributed by atoms with Crippen LogP contribution in [0.1, 0.15) is 258 Å². The lowest BCUT2D eigenvalue weighted by molar-refractivity contribution is -0.870. The predicted molar refractivity (Wildman–Crippen MR) is 327 cm³/mol. The van der Waals surface area contributed by atoms with Gasteiger partial charge in [0.25, 0.3) is 0 Å². The summed E-state index contributed by atoms with van der Waals surface area (Å²) < 4.78 is 30.7. The number of esters is 1. The number of phosphoric acid groups is 1. The molecule has 2 N–H and O–H groups in total. The van der Waals surface area contributed by atoms with E-state index < -0.39 is 20.0 Å². The summed E-state index contributed by atoms with van der Waals surface area (Å²) >= 11 is 0. The van der Waals surface area contributed by atoms with Crippen LogP contribution in [0.15, 0.2) is 97.2 Å². The van der Waals surface area contributed by atoms with Gasteiger partial charge in [-0.25, -0.2) is 4.57 Å². The first-order valence-corrected chi connectivity index (χ1v) is 32.6. The highest BCUT2D eigenvalue weighted by molar-refractivity contribution is 7.47. The molecule has 0 aliphatic rings. The van der Waals surface area contributed by atoms with Crippen molar-refractivity contribution in [1.82, 2.24) is 5.32 Å². The fraction of sp³-hybridized carbons (Fsp3) is 0.727. The van der Waals surface area contributed by atoms with E-state index in [4.69, 9.17) is 13.8 Å². The Labute approximate surface area is 468 Å². The SMILES string of the molecule is CC/C=C\C/C=C\C/C=C\C/C=C\C/C=C\CCCCCCCCCC(=O)NC(COP(=O)(O)OCC[N+](C)(C)C)C(/C=C\CCCCCCCCCCCCC)OC(=O)CCCCCCCCC/C=C/C/C=C/CC. The zero-order valence-electron chi connectivity index (χ0n) is 50.0. The number of hydrogen-bond donors (Lipinski definition) is 2. The predicted octanol–water partition coefficient (Wildman–Crippen LogP) is 19.2. The summed E-state index contributed by atoms with van der Waals surface area (Å²) in [5.74, 6) is -0.530. The zero-order valence-corrected chi connectivity index (χ0v) is 50.9. The summed E-state index contributed by atoms with van der Waals surface area (Å²) in [6.07, 6.45) is 74.0. The van der Waals surface area contributed by atoms with Crippen molar-refractivity contribution in [3.05, 3.63) is 97.2 Å².